The van der Waals surface area contributed by atoms with Crippen molar-refractivity contribution < 1.29 is 9.18 Å². The van der Waals surface area contributed by atoms with Gasteiger partial charge in [-0.05, 0) is 24.6 Å². The predicted octanol–water partition coefficient (Wildman–Crippen LogP) is 1.75. The van der Waals surface area contributed by atoms with E-state index in [0.29, 0.717) is 5.69 Å². The molecule has 0 radical (unpaired) electrons. The number of carbonyl (C=O) groups excluding carboxylic acids is 1. The molecule has 0 aliphatic rings. The summed E-state index contributed by atoms with van der Waals surface area (Å²) >= 11 is 0. The Labute approximate surface area is 82.1 Å². The lowest BCUT2D eigenvalue weighted by Crippen LogP contribution is -2.15. The number of halogens is 1. The van der Waals surface area contributed by atoms with E-state index in [1.165, 1.54) is 12.1 Å². The van der Waals surface area contributed by atoms with Gasteiger partial charge < -0.3 is 11.1 Å². The molecule has 0 fully saturated rings. The zero-order chi connectivity index (χ0) is 10.6. The maximum Gasteiger partial charge on any atom is 0.250 e. The van der Waals surface area contributed by atoms with E-state index >= 15 is 0 Å². The van der Waals surface area contributed by atoms with Crippen LogP contribution in [0.25, 0.3) is 0 Å². The Hall–Kier alpha value is -1.58. The Morgan fingerprint density at radius 3 is 2.86 bits per heavy atom. The van der Waals surface area contributed by atoms with E-state index in [1.54, 1.807) is 0 Å². The minimum absolute atomic E-state index is 0.193. The lowest BCUT2D eigenvalue weighted by Gasteiger charge is -2.08. The predicted molar refractivity (Wildman–Crippen MR) is 53.7 cm³/mol. The van der Waals surface area contributed by atoms with Crippen molar-refractivity contribution in [1.29, 1.82) is 0 Å². The van der Waals surface area contributed by atoms with E-state index in [9.17, 15) is 9.18 Å². The highest BCUT2D eigenvalue weighted by Crippen LogP contribution is 2.16. The molecular weight excluding hydrogens is 183 g/mol. The van der Waals surface area contributed by atoms with Gasteiger partial charge in [0, 0.05) is 12.2 Å². The van der Waals surface area contributed by atoms with Gasteiger partial charge in [-0.25, -0.2) is 4.39 Å². The molecule has 0 aromatic heterocycles. The van der Waals surface area contributed by atoms with Crippen molar-refractivity contribution in [3.05, 3.63) is 29.6 Å². The Bertz CT molecular complexity index is 339. The van der Waals surface area contributed by atoms with Crippen LogP contribution in [0.5, 0.6) is 0 Å². The van der Waals surface area contributed by atoms with Gasteiger partial charge in [0.05, 0.1) is 5.56 Å². The van der Waals surface area contributed by atoms with E-state index in [1.807, 2.05) is 6.92 Å². The fourth-order valence-corrected chi connectivity index (χ4v) is 1.13. The maximum atomic E-state index is 12.8. The summed E-state index contributed by atoms with van der Waals surface area (Å²) in [6.07, 6.45) is 0.926. The molecule has 0 aliphatic carbocycles. The molecule has 76 valence electrons. The summed E-state index contributed by atoms with van der Waals surface area (Å²) in [5, 5.41) is 3.00. The van der Waals surface area contributed by atoms with E-state index in [-0.39, 0.29) is 5.56 Å². The molecule has 0 unspecified atom stereocenters. The second-order valence-corrected chi connectivity index (χ2v) is 2.98. The second kappa shape index (κ2) is 4.60. The molecule has 0 saturated carbocycles. The van der Waals surface area contributed by atoms with Crippen LogP contribution in [0.4, 0.5) is 10.1 Å². The molecule has 0 aliphatic heterocycles. The minimum atomic E-state index is -0.622. The molecular formula is C10H13FN2O. The second-order valence-electron chi connectivity index (χ2n) is 2.98. The molecule has 0 saturated heterocycles. The van der Waals surface area contributed by atoms with Crippen LogP contribution in [0.15, 0.2) is 18.2 Å². The monoisotopic (exact) mass is 196 g/mol. The molecule has 1 aromatic carbocycles. The third kappa shape index (κ3) is 2.45. The van der Waals surface area contributed by atoms with E-state index in [2.05, 4.69) is 5.32 Å². The minimum Gasteiger partial charge on any atom is -0.384 e. The van der Waals surface area contributed by atoms with Crippen molar-refractivity contribution in [2.75, 3.05) is 11.9 Å². The number of rotatable bonds is 4. The Morgan fingerprint density at radius 1 is 1.57 bits per heavy atom. The van der Waals surface area contributed by atoms with Crippen LogP contribution < -0.4 is 11.1 Å². The maximum absolute atomic E-state index is 12.8. The van der Waals surface area contributed by atoms with Crippen LogP contribution in [-0.4, -0.2) is 12.5 Å². The van der Waals surface area contributed by atoms with Gasteiger partial charge in [0.25, 0.3) is 5.91 Å². The van der Waals surface area contributed by atoms with E-state index in [4.69, 9.17) is 5.73 Å². The van der Waals surface area contributed by atoms with E-state index < -0.39 is 11.7 Å². The Balaban J connectivity index is 2.96. The van der Waals surface area contributed by atoms with Gasteiger partial charge in [0.1, 0.15) is 5.82 Å². The summed E-state index contributed by atoms with van der Waals surface area (Å²) < 4.78 is 12.8. The zero-order valence-corrected chi connectivity index (χ0v) is 8.01. The highest BCUT2D eigenvalue weighted by Gasteiger charge is 2.08. The fraction of sp³-hybridized carbons (Fsp3) is 0.300. The van der Waals surface area contributed by atoms with Gasteiger partial charge in [-0.15, -0.1) is 0 Å². The van der Waals surface area contributed by atoms with Crippen molar-refractivity contribution in [3.63, 3.8) is 0 Å². The molecule has 3 N–H and O–H groups in total. The smallest absolute Gasteiger partial charge is 0.250 e. The summed E-state index contributed by atoms with van der Waals surface area (Å²) in [7, 11) is 0. The number of nitrogens with two attached hydrogens (primary N) is 1. The molecule has 3 nitrogen and oxygen atoms in total. The number of amides is 1. The molecule has 0 bridgehead atoms. The number of nitrogens with one attached hydrogen (secondary N) is 1. The van der Waals surface area contributed by atoms with Crippen molar-refractivity contribution >= 4 is 11.6 Å². The van der Waals surface area contributed by atoms with Crippen LogP contribution in [0, 0.1) is 5.82 Å². The number of benzene rings is 1. The normalized spacial score (nSPS) is 9.86. The quantitative estimate of drug-likeness (QED) is 0.770. The average Bonchev–Trinajstić information content (AvgIpc) is 2.15. The third-order valence-electron chi connectivity index (χ3n) is 1.81. The van der Waals surface area contributed by atoms with Gasteiger partial charge in [0.15, 0.2) is 0 Å². The molecule has 4 heteroatoms. The zero-order valence-electron chi connectivity index (χ0n) is 8.01. The first kappa shape index (κ1) is 10.5. The number of hydrogen-bond donors (Lipinski definition) is 2. The van der Waals surface area contributed by atoms with Gasteiger partial charge in [-0.2, -0.15) is 0 Å². The molecule has 1 rings (SSSR count). The lowest BCUT2D eigenvalue weighted by atomic mass is 10.1. The van der Waals surface area contributed by atoms with Crippen LogP contribution in [0.3, 0.4) is 0 Å². The topological polar surface area (TPSA) is 55.1 Å². The molecule has 14 heavy (non-hydrogen) atoms. The first-order valence-corrected chi connectivity index (χ1v) is 4.48. The van der Waals surface area contributed by atoms with E-state index in [0.717, 1.165) is 19.0 Å². The Kier molecular flexibility index (Phi) is 3.45. The summed E-state index contributed by atoms with van der Waals surface area (Å²) in [5.41, 5.74) is 5.89. The average molecular weight is 196 g/mol. The first-order chi connectivity index (χ1) is 6.65. The largest absolute Gasteiger partial charge is 0.384 e. The van der Waals surface area contributed by atoms with Crippen LogP contribution in [0.1, 0.15) is 23.7 Å². The molecule has 0 spiro atoms. The van der Waals surface area contributed by atoms with Crippen molar-refractivity contribution in [2.45, 2.75) is 13.3 Å². The summed E-state index contributed by atoms with van der Waals surface area (Å²) in [6.45, 7) is 2.73. The molecule has 0 atom stereocenters. The van der Waals surface area contributed by atoms with Crippen molar-refractivity contribution in [3.8, 4) is 0 Å². The van der Waals surface area contributed by atoms with Gasteiger partial charge >= 0.3 is 0 Å². The highest BCUT2D eigenvalue weighted by molar-refractivity contribution is 5.98. The van der Waals surface area contributed by atoms with Crippen molar-refractivity contribution in [2.24, 2.45) is 5.73 Å². The number of hydrogen-bond acceptors (Lipinski definition) is 2. The highest BCUT2D eigenvalue weighted by atomic mass is 19.1. The van der Waals surface area contributed by atoms with Crippen LogP contribution in [0.2, 0.25) is 0 Å². The fourth-order valence-electron chi connectivity index (χ4n) is 1.13. The summed E-state index contributed by atoms with van der Waals surface area (Å²) in [4.78, 5) is 11.0. The summed E-state index contributed by atoms with van der Waals surface area (Å²) in [5.74, 6) is -1.08. The summed E-state index contributed by atoms with van der Waals surface area (Å²) in [6, 6.07) is 3.95. The number of primary amides is 1. The van der Waals surface area contributed by atoms with Crippen LogP contribution in [-0.2, 0) is 0 Å². The van der Waals surface area contributed by atoms with Gasteiger partial charge in [-0.1, -0.05) is 6.92 Å². The number of carbonyl (C=O) groups is 1. The molecule has 1 aromatic rings. The van der Waals surface area contributed by atoms with Crippen molar-refractivity contribution in [1.82, 2.24) is 0 Å². The third-order valence-corrected chi connectivity index (χ3v) is 1.81. The number of anilines is 1. The molecule has 0 heterocycles. The first-order valence-electron chi connectivity index (χ1n) is 4.48. The van der Waals surface area contributed by atoms with Gasteiger partial charge in [-0.3, -0.25) is 4.79 Å². The standard InChI is InChI=1S/C10H13FN2O/c1-2-5-13-9-4-3-7(11)6-8(9)10(12)14/h3-4,6,13H,2,5H2,1H3,(H2,12,14). The van der Waals surface area contributed by atoms with Crippen LogP contribution >= 0.6 is 0 Å². The Morgan fingerprint density at radius 2 is 2.29 bits per heavy atom. The molecule has 1 amide bonds. The SMILES string of the molecule is CCCNc1ccc(F)cc1C(N)=O. The lowest BCUT2D eigenvalue weighted by molar-refractivity contribution is 0.100. The van der Waals surface area contributed by atoms with Gasteiger partial charge in [0.2, 0.25) is 0 Å².